The summed E-state index contributed by atoms with van der Waals surface area (Å²) in [6.45, 7) is 6.82. The van der Waals surface area contributed by atoms with E-state index in [1.807, 2.05) is 0 Å². The van der Waals surface area contributed by atoms with E-state index in [1.165, 1.54) is 54.7 Å². The number of fused-ring (bicyclic) bond motifs is 5. The monoisotopic (exact) mass is 508 g/mol. The van der Waals surface area contributed by atoms with Gasteiger partial charge in [0.05, 0.1) is 0 Å². The van der Waals surface area contributed by atoms with Gasteiger partial charge in [0.2, 0.25) is 0 Å². The molecule has 1 aliphatic rings. The van der Waals surface area contributed by atoms with Crippen LogP contribution < -0.4 is 13.7 Å². The second-order valence-electron chi connectivity index (χ2n) is 11.1. The topological polar surface area (TPSA) is 13.1 Å². The van der Waals surface area contributed by atoms with Crippen molar-refractivity contribution < 1.29 is 9.30 Å². The van der Waals surface area contributed by atoms with Gasteiger partial charge in [-0.25, -0.2) is 0 Å². The van der Waals surface area contributed by atoms with Gasteiger partial charge in [0.1, 0.15) is 0 Å². The number of pyridine rings is 1. The van der Waals surface area contributed by atoms with E-state index < -0.39 is 13.3 Å². The fraction of sp³-hybridized carbons (Fsp3) is 0.258. The van der Waals surface area contributed by atoms with Crippen LogP contribution in [0.15, 0.2) is 60.8 Å². The Balaban J connectivity index is 1.84. The summed E-state index contributed by atoms with van der Waals surface area (Å²) in [4.78, 5) is 0. The third kappa shape index (κ3) is 2.91. The first-order valence-electron chi connectivity index (χ1n) is 12.3. The van der Waals surface area contributed by atoms with E-state index in [4.69, 9.17) is 4.74 Å². The van der Waals surface area contributed by atoms with Gasteiger partial charge < -0.3 is 0 Å². The van der Waals surface area contributed by atoms with Gasteiger partial charge in [-0.1, -0.05) is 0 Å². The second-order valence-corrected chi connectivity index (χ2v) is 21.7. The van der Waals surface area contributed by atoms with E-state index in [0.29, 0.717) is 5.92 Å². The van der Waals surface area contributed by atoms with Gasteiger partial charge >= 0.3 is 205 Å². The number of nitrogens with zero attached hydrogens (tertiary/aromatic N) is 1. The second kappa shape index (κ2) is 7.32. The third-order valence-electron chi connectivity index (χ3n) is 7.54. The number of hydrogen-bond donors (Lipinski definition) is 0. The normalized spacial score (nSPS) is 13.1. The van der Waals surface area contributed by atoms with Crippen LogP contribution in [0.2, 0.25) is 17.3 Å². The van der Waals surface area contributed by atoms with Crippen molar-refractivity contribution in [2.24, 2.45) is 7.05 Å². The van der Waals surface area contributed by atoms with Crippen molar-refractivity contribution in [2.75, 3.05) is 0 Å². The Morgan fingerprint density at radius 3 is 2.24 bits per heavy atom. The predicted octanol–water partition coefficient (Wildman–Crippen LogP) is 7.72. The molecule has 170 valence electrons. The Kier molecular flexibility index (Phi) is 4.67. The number of aromatic nitrogens is 1. The van der Waals surface area contributed by atoms with Crippen LogP contribution in [0.5, 0.6) is 11.5 Å². The summed E-state index contributed by atoms with van der Waals surface area (Å²) in [5.41, 5.74) is 5.11. The number of benzene rings is 4. The van der Waals surface area contributed by atoms with Crippen LogP contribution in [0.3, 0.4) is 0 Å². The molecule has 34 heavy (non-hydrogen) atoms. The molecule has 0 bridgehead atoms. The Morgan fingerprint density at radius 2 is 1.53 bits per heavy atom. The van der Waals surface area contributed by atoms with Gasteiger partial charge in [0.15, 0.2) is 0 Å². The Bertz CT molecular complexity index is 1660. The quantitative estimate of drug-likeness (QED) is 0.133. The van der Waals surface area contributed by atoms with Gasteiger partial charge in [-0.2, -0.15) is 0 Å². The molecule has 0 saturated heterocycles. The van der Waals surface area contributed by atoms with E-state index in [-0.39, 0.29) is 0 Å². The zero-order chi connectivity index (χ0) is 23.9. The molecular weight excluding hydrogens is 475 g/mol. The molecule has 0 spiro atoms. The molecule has 0 radical (unpaired) electrons. The van der Waals surface area contributed by atoms with Crippen molar-refractivity contribution >= 4 is 50.0 Å². The zero-order valence-electron chi connectivity index (χ0n) is 21.2. The summed E-state index contributed by atoms with van der Waals surface area (Å²) < 4.78 is 10.8. The van der Waals surface area contributed by atoms with Crippen LogP contribution in [0.25, 0.3) is 43.6 Å². The Hall–Kier alpha value is -2.85. The summed E-state index contributed by atoms with van der Waals surface area (Å²) in [6.07, 6.45) is 2.23. The van der Waals surface area contributed by atoms with Gasteiger partial charge in [0, 0.05) is 0 Å². The van der Waals surface area contributed by atoms with E-state index in [2.05, 4.69) is 110 Å². The molecule has 0 fully saturated rings. The minimum absolute atomic E-state index is 0.353. The van der Waals surface area contributed by atoms with Gasteiger partial charge in [-0.05, 0) is 0 Å². The number of rotatable bonds is 2. The maximum atomic E-state index is 6.97. The molecule has 5 aromatic rings. The number of ether oxygens (including phenoxy) is 1. The molecule has 1 aliphatic heterocycles. The van der Waals surface area contributed by atoms with Crippen molar-refractivity contribution in [3.8, 4) is 22.8 Å². The first kappa shape index (κ1) is 21.7. The molecule has 0 amide bonds. The fourth-order valence-electron chi connectivity index (χ4n) is 6.00. The summed E-state index contributed by atoms with van der Waals surface area (Å²) in [5, 5.41) is 7.85. The van der Waals surface area contributed by atoms with E-state index in [9.17, 15) is 0 Å². The zero-order valence-corrected chi connectivity index (χ0v) is 23.3. The Labute approximate surface area is 204 Å². The van der Waals surface area contributed by atoms with Crippen LogP contribution in [-0.4, -0.2) is 13.3 Å². The van der Waals surface area contributed by atoms with Gasteiger partial charge in [-0.3, -0.25) is 0 Å². The molecule has 3 heteroatoms. The van der Waals surface area contributed by atoms with Crippen LogP contribution in [0.1, 0.15) is 30.9 Å². The molecule has 6 rings (SSSR count). The SMILES string of the molecule is Cc1c2c(c(C(C)C)c3ccccc13)Oc1cc3[c]([Ge]([CH3])([CH3])[CH3])cccc3c3cc[n+](C)c-2c13. The van der Waals surface area contributed by atoms with Crippen LogP contribution in [-0.2, 0) is 7.05 Å². The van der Waals surface area contributed by atoms with Crippen molar-refractivity contribution in [1.82, 2.24) is 0 Å². The number of aryl methyl sites for hydroxylation is 2. The summed E-state index contributed by atoms with van der Waals surface area (Å²) >= 11 is -2.09. The minimum atomic E-state index is -2.09. The van der Waals surface area contributed by atoms with E-state index >= 15 is 0 Å². The van der Waals surface area contributed by atoms with Crippen molar-refractivity contribution in [1.29, 1.82) is 0 Å². The molecule has 2 nitrogen and oxygen atoms in total. The summed E-state index contributed by atoms with van der Waals surface area (Å²) in [5.74, 6) is 9.81. The van der Waals surface area contributed by atoms with Crippen LogP contribution in [0, 0.1) is 6.92 Å². The molecule has 1 aromatic heterocycles. The molecule has 0 atom stereocenters. The van der Waals surface area contributed by atoms with Gasteiger partial charge in [0.25, 0.3) is 0 Å². The predicted molar refractivity (Wildman–Crippen MR) is 147 cm³/mol. The molecule has 0 N–H and O–H groups in total. The fourth-order valence-corrected chi connectivity index (χ4v) is 9.38. The van der Waals surface area contributed by atoms with Crippen molar-refractivity contribution in [3.63, 3.8) is 0 Å². The molecule has 0 saturated carbocycles. The molecule has 0 aliphatic carbocycles. The molecule has 2 heterocycles. The standard InChI is InChI=1S/C31H32GeNO/c1-18(2)27-22-12-9-8-11-20(22)19(3)28-30-29-23(15-16-33(30)7)21-13-10-14-25(32(4,5)6)24(21)17-26(29)34-31(27)28/h8-18H,1-7H3/q+1. The number of hydrogen-bond acceptors (Lipinski definition) is 1. The first-order valence-corrected chi connectivity index (χ1v) is 19.6. The Morgan fingerprint density at radius 1 is 0.824 bits per heavy atom. The third-order valence-corrected chi connectivity index (χ3v) is 11.8. The molecular formula is C31H32GeNO+. The molecule has 4 aromatic carbocycles. The maximum absolute atomic E-state index is 6.97. The summed E-state index contributed by atoms with van der Waals surface area (Å²) in [7, 11) is 2.17. The average Bonchev–Trinajstić information content (AvgIpc) is 2.79. The van der Waals surface area contributed by atoms with Crippen molar-refractivity contribution in [2.45, 2.75) is 44.0 Å². The van der Waals surface area contributed by atoms with Crippen LogP contribution in [0.4, 0.5) is 0 Å². The first-order chi connectivity index (χ1) is 16.2. The molecule has 0 unspecified atom stereocenters. The van der Waals surface area contributed by atoms with E-state index in [0.717, 1.165) is 11.5 Å². The van der Waals surface area contributed by atoms with E-state index in [1.54, 1.807) is 4.40 Å². The van der Waals surface area contributed by atoms with Crippen molar-refractivity contribution in [3.05, 3.63) is 71.9 Å². The van der Waals surface area contributed by atoms with Crippen LogP contribution >= 0.6 is 0 Å². The van der Waals surface area contributed by atoms with Gasteiger partial charge in [-0.15, -0.1) is 0 Å². The average molecular weight is 507 g/mol. The summed E-state index contributed by atoms with van der Waals surface area (Å²) in [6, 6.07) is 20.3.